The van der Waals surface area contributed by atoms with Crippen molar-refractivity contribution in [1.29, 1.82) is 0 Å². The Labute approximate surface area is 155 Å². The number of nitrogens with zero attached hydrogens (tertiary/aromatic N) is 1. The summed E-state index contributed by atoms with van der Waals surface area (Å²) in [6, 6.07) is 7.35. The highest BCUT2D eigenvalue weighted by Crippen LogP contribution is 2.25. The smallest absolute Gasteiger partial charge is 0.325 e. The van der Waals surface area contributed by atoms with E-state index in [4.69, 9.17) is 4.74 Å². The van der Waals surface area contributed by atoms with E-state index >= 15 is 0 Å². The Hall–Kier alpha value is -2.08. The van der Waals surface area contributed by atoms with E-state index in [1.54, 1.807) is 7.11 Å². The minimum atomic E-state index is -0.878. The van der Waals surface area contributed by atoms with Crippen molar-refractivity contribution in [2.45, 2.75) is 44.6 Å². The summed E-state index contributed by atoms with van der Waals surface area (Å²) >= 11 is 0. The second-order valence-electron chi connectivity index (χ2n) is 7.58. The predicted molar refractivity (Wildman–Crippen MR) is 100 cm³/mol. The van der Waals surface area contributed by atoms with E-state index in [0.717, 1.165) is 37.2 Å². The van der Waals surface area contributed by atoms with Crippen LogP contribution in [0.3, 0.4) is 0 Å². The molecular formula is C20H29N3O3. The van der Waals surface area contributed by atoms with Crippen molar-refractivity contribution in [1.82, 2.24) is 15.5 Å². The summed E-state index contributed by atoms with van der Waals surface area (Å²) in [7, 11) is 1.62. The molecule has 2 atom stereocenters. The molecular weight excluding hydrogens is 330 g/mol. The highest BCUT2D eigenvalue weighted by molar-refractivity contribution is 6.06. The van der Waals surface area contributed by atoms with E-state index in [1.807, 2.05) is 31.2 Å². The summed E-state index contributed by atoms with van der Waals surface area (Å²) in [5, 5.41) is 6.30. The summed E-state index contributed by atoms with van der Waals surface area (Å²) < 4.78 is 5.17. The Balaban J connectivity index is 1.61. The van der Waals surface area contributed by atoms with Gasteiger partial charge in [0.2, 0.25) is 0 Å². The number of ether oxygens (including phenoxy) is 1. The van der Waals surface area contributed by atoms with E-state index in [2.05, 4.69) is 10.6 Å². The SMILES string of the molecule is COc1ccc(CC2(C)NC(=O)N(CCC3CCCNCC3)C2=O)cc1. The van der Waals surface area contributed by atoms with Crippen molar-refractivity contribution in [3.63, 3.8) is 0 Å². The van der Waals surface area contributed by atoms with Crippen LogP contribution in [0.5, 0.6) is 5.75 Å². The molecule has 2 aliphatic heterocycles. The number of rotatable bonds is 6. The fourth-order valence-electron chi connectivity index (χ4n) is 3.91. The monoisotopic (exact) mass is 359 g/mol. The van der Waals surface area contributed by atoms with Crippen LogP contribution in [0.1, 0.15) is 38.2 Å². The fraction of sp³-hybridized carbons (Fsp3) is 0.600. The predicted octanol–water partition coefficient (Wildman–Crippen LogP) is 2.33. The lowest BCUT2D eigenvalue weighted by Gasteiger charge is -2.22. The summed E-state index contributed by atoms with van der Waals surface area (Å²) in [5.41, 5.74) is 0.120. The van der Waals surface area contributed by atoms with Crippen molar-refractivity contribution in [2.24, 2.45) is 5.92 Å². The second kappa shape index (κ2) is 8.08. The van der Waals surface area contributed by atoms with Crippen molar-refractivity contribution >= 4 is 11.9 Å². The molecule has 0 aromatic heterocycles. The molecule has 3 rings (SSSR count). The number of benzene rings is 1. The Morgan fingerprint density at radius 1 is 1.19 bits per heavy atom. The van der Waals surface area contributed by atoms with Gasteiger partial charge in [0, 0.05) is 13.0 Å². The molecule has 0 radical (unpaired) electrons. The van der Waals surface area contributed by atoms with E-state index in [1.165, 1.54) is 17.7 Å². The molecule has 1 aromatic carbocycles. The molecule has 6 nitrogen and oxygen atoms in total. The number of nitrogens with one attached hydrogen (secondary N) is 2. The van der Waals surface area contributed by atoms with Crippen LogP contribution in [0.4, 0.5) is 4.79 Å². The molecule has 2 aliphatic rings. The number of carbonyl (C=O) groups is 2. The van der Waals surface area contributed by atoms with Gasteiger partial charge in [-0.05, 0) is 69.3 Å². The number of urea groups is 1. The van der Waals surface area contributed by atoms with Gasteiger partial charge in [-0.1, -0.05) is 12.1 Å². The second-order valence-corrected chi connectivity index (χ2v) is 7.58. The molecule has 6 heteroatoms. The van der Waals surface area contributed by atoms with Crippen molar-refractivity contribution < 1.29 is 14.3 Å². The summed E-state index contributed by atoms with van der Waals surface area (Å²) in [4.78, 5) is 26.7. The van der Waals surface area contributed by atoms with Gasteiger partial charge in [-0.25, -0.2) is 4.79 Å². The zero-order valence-corrected chi connectivity index (χ0v) is 15.7. The number of amides is 3. The Morgan fingerprint density at radius 2 is 1.96 bits per heavy atom. The lowest BCUT2D eigenvalue weighted by Crippen LogP contribution is -2.46. The van der Waals surface area contributed by atoms with Crippen LogP contribution in [0.2, 0.25) is 0 Å². The van der Waals surface area contributed by atoms with Crippen LogP contribution in [0.25, 0.3) is 0 Å². The van der Waals surface area contributed by atoms with Crippen LogP contribution in [-0.2, 0) is 11.2 Å². The van der Waals surface area contributed by atoms with Crippen molar-refractivity contribution in [2.75, 3.05) is 26.7 Å². The van der Waals surface area contributed by atoms with E-state index in [0.29, 0.717) is 18.9 Å². The molecule has 2 heterocycles. The average molecular weight is 359 g/mol. The molecule has 0 spiro atoms. The molecule has 0 bridgehead atoms. The molecule has 26 heavy (non-hydrogen) atoms. The van der Waals surface area contributed by atoms with Crippen LogP contribution in [0.15, 0.2) is 24.3 Å². The Bertz CT molecular complexity index is 638. The molecule has 2 saturated heterocycles. The summed E-state index contributed by atoms with van der Waals surface area (Å²) in [6.45, 7) is 4.42. The first-order valence-corrected chi connectivity index (χ1v) is 9.49. The number of hydrogen-bond donors (Lipinski definition) is 2. The highest BCUT2D eigenvalue weighted by atomic mass is 16.5. The summed E-state index contributed by atoms with van der Waals surface area (Å²) in [5.74, 6) is 1.24. The first-order valence-electron chi connectivity index (χ1n) is 9.49. The molecule has 2 fully saturated rings. The quantitative estimate of drug-likeness (QED) is 0.765. The minimum absolute atomic E-state index is 0.120. The average Bonchev–Trinajstić information content (AvgIpc) is 2.82. The number of carbonyl (C=O) groups excluding carboxylic acids is 2. The van der Waals surface area contributed by atoms with E-state index in [9.17, 15) is 9.59 Å². The van der Waals surface area contributed by atoms with Gasteiger partial charge in [-0.2, -0.15) is 0 Å². The Kier molecular flexibility index (Phi) is 5.81. The van der Waals surface area contributed by atoms with Gasteiger partial charge in [0.05, 0.1) is 7.11 Å². The van der Waals surface area contributed by atoms with E-state index in [-0.39, 0.29) is 11.9 Å². The standard InChI is InChI=1S/C20H29N3O3/c1-20(14-16-5-7-17(26-2)8-6-16)18(24)23(19(25)22-20)13-10-15-4-3-11-21-12-9-15/h5-8,15,21H,3-4,9-14H2,1-2H3,(H,22,25). The maximum Gasteiger partial charge on any atom is 0.325 e. The first kappa shape index (κ1) is 18.7. The van der Waals surface area contributed by atoms with Gasteiger partial charge in [-0.3, -0.25) is 9.69 Å². The highest BCUT2D eigenvalue weighted by Gasteiger charge is 2.47. The van der Waals surface area contributed by atoms with Crippen LogP contribution < -0.4 is 15.4 Å². The number of imide groups is 1. The van der Waals surface area contributed by atoms with Gasteiger partial charge >= 0.3 is 6.03 Å². The molecule has 1 aromatic rings. The zero-order valence-electron chi connectivity index (χ0n) is 15.7. The van der Waals surface area contributed by atoms with Gasteiger partial charge < -0.3 is 15.4 Å². The van der Waals surface area contributed by atoms with Gasteiger partial charge in [0.15, 0.2) is 0 Å². The zero-order chi connectivity index (χ0) is 18.6. The topological polar surface area (TPSA) is 70.7 Å². The van der Waals surface area contributed by atoms with Crippen molar-refractivity contribution in [3.05, 3.63) is 29.8 Å². The van der Waals surface area contributed by atoms with Crippen LogP contribution >= 0.6 is 0 Å². The fourth-order valence-corrected chi connectivity index (χ4v) is 3.91. The van der Waals surface area contributed by atoms with Crippen LogP contribution in [0, 0.1) is 5.92 Å². The normalized spacial score (nSPS) is 26.5. The molecule has 2 unspecified atom stereocenters. The Morgan fingerprint density at radius 3 is 2.69 bits per heavy atom. The minimum Gasteiger partial charge on any atom is -0.497 e. The van der Waals surface area contributed by atoms with Crippen molar-refractivity contribution in [3.8, 4) is 5.75 Å². The van der Waals surface area contributed by atoms with Gasteiger partial charge in [-0.15, -0.1) is 0 Å². The van der Waals surface area contributed by atoms with Gasteiger partial charge in [0.1, 0.15) is 11.3 Å². The third kappa shape index (κ3) is 4.18. The lowest BCUT2D eigenvalue weighted by molar-refractivity contribution is -0.130. The largest absolute Gasteiger partial charge is 0.497 e. The molecule has 0 aliphatic carbocycles. The molecule has 2 N–H and O–H groups in total. The molecule has 142 valence electrons. The number of methoxy groups -OCH3 is 1. The maximum atomic E-state index is 12.9. The third-order valence-electron chi connectivity index (χ3n) is 5.52. The molecule has 0 saturated carbocycles. The third-order valence-corrected chi connectivity index (χ3v) is 5.52. The lowest BCUT2D eigenvalue weighted by atomic mass is 9.92. The molecule has 3 amide bonds. The first-order chi connectivity index (χ1) is 12.5. The maximum absolute atomic E-state index is 12.9. The van der Waals surface area contributed by atoms with E-state index < -0.39 is 5.54 Å². The van der Waals surface area contributed by atoms with Crippen LogP contribution in [-0.4, -0.2) is 49.1 Å². The van der Waals surface area contributed by atoms with Gasteiger partial charge in [0.25, 0.3) is 5.91 Å². The number of hydrogen-bond acceptors (Lipinski definition) is 4. The summed E-state index contributed by atoms with van der Waals surface area (Å²) in [6.07, 6.45) is 4.82.